The molecule has 5 heteroatoms. The van der Waals surface area contributed by atoms with E-state index in [1.807, 2.05) is 0 Å². The van der Waals surface area contributed by atoms with Crippen LogP contribution >= 0.6 is 0 Å². The van der Waals surface area contributed by atoms with Gasteiger partial charge in [0.15, 0.2) is 0 Å². The monoisotopic (exact) mass is 357 g/mol. The number of hydrogen-bond donors (Lipinski definition) is 1. The summed E-state index contributed by atoms with van der Waals surface area (Å²) in [6.07, 6.45) is 3.75. The van der Waals surface area contributed by atoms with Crippen molar-refractivity contribution in [1.82, 2.24) is 24.9 Å². The second-order valence-corrected chi connectivity index (χ2v) is 7.40. The first kappa shape index (κ1) is 19.3. The third-order valence-corrected chi connectivity index (χ3v) is 5.36. The zero-order valence-corrected chi connectivity index (χ0v) is 16.6. The minimum absolute atomic E-state index is 0.855. The number of benzene rings is 1. The largest absolute Gasteiger partial charge is 0.310 e. The minimum atomic E-state index is 0.855. The number of rotatable bonds is 10. The Morgan fingerprint density at radius 3 is 2.38 bits per heavy atom. The number of unbranched alkanes of at least 4 members (excludes halogenated alkanes) is 1. The summed E-state index contributed by atoms with van der Waals surface area (Å²) in [6.45, 7) is 14.6. The Hall–Kier alpha value is -1.43. The maximum atomic E-state index is 4.84. The lowest BCUT2D eigenvalue weighted by Crippen LogP contribution is -2.48. The second kappa shape index (κ2) is 10.0. The predicted octanol–water partition coefficient (Wildman–Crippen LogP) is 2.95. The van der Waals surface area contributed by atoms with E-state index in [4.69, 9.17) is 5.10 Å². The van der Waals surface area contributed by atoms with Gasteiger partial charge in [0.05, 0.1) is 11.2 Å². The maximum absolute atomic E-state index is 4.84. The van der Waals surface area contributed by atoms with Gasteiger partial charge in [-0.25, -0.2) is 0 Å². The first-order chi connectivity index (χ1) is 12.8. The Bertz CT molecular complexity index is 657. The highest BCUT2D eigenvalue weighted by Crippen LogP contribution is 2.18. The summed E-state index contributed by atoms with van der Waals surface area (Å²) in [5, 5.41) is 9.74. The lowest BCUT2D eigenvalue weighted by Gasteiger charge is -2.34. The molecular formula is C21H35N5. The Balaban J connectivity index is 1.42. The molecule has 5 nitrogen and oxygen atoms in total. The van der Waals surface area contributed by atoms with Crippen molar-refractivity contribution in [3.05, 3.63) is 30.0 Å². The Morgan fingerprint density at radius 1 is 0.923 bits per heavy atom. The fourth-order valence-corrected chi connectivity index (χ4v) is 3.77. The Kier molecular flexibility index (Phi) is 7.47. The molecule has 1 saturated heterocycles. The molecule has 144 valence electrons. The van der Waals surface area contributed by atoms with Gasteiger partial charge in [-0.3, -0.25) is 9.58 Å². The number of fused-ring (bicyclic) bond motifs is 1. The number of nitrogens with zero attached hydrogens (tertiary/aromatic N) is 4. The molecule has 0 amide bonds. The molecule has 1 aliphatic rings. The molecule has 1 N–H and O–H groups in total. The molecule has 0 saturated carbocycles. The van der Waals surface area contributed by atoms with Gasteiger partial charge in [0, 0.05) is 57.7 Å². The van der Waals surface area contributed by atoms with Crippen LogP contribution in [-0.4, -0.2) is 65.4 Å². The summed E-state index contributed by atoms with van der Waals surface area (Å²) in [5.74, 6) is 0. The highest BCUT2D eigenvalue weighted by Gasteiger charge is 2.15. The van der Waals surface area contributed by atoms with Crippen LogP contribution < -0.4 is 5.32 Å². The van der Waals surface area contributed by atoms with Gasteiger partial charge < -0.3 is 10.2 Å². The highest BCUT2D eigenvalue weighted by molar-refractivity contribution is 5.81. The molecular weight excluding hydrogens is 322 g/mol. The van der Waals surface area contributed by atoms with Crippen LogP contribution in [0.3, 0.4) is 0 Å². The summed E-state index contributed by atoms with van der Waals surface area (Å²) in [6, 6.07) is 8.59. The fourth-order valence-electron chi connectivity index (χ4n) is 3.77. The van der Waals surface area contributed by atoms with Gasteiger partial charge >= 0.3 is 0 Å². The van der Waals surface area contributed by atoms with E-state index in [1.54, 1.807) is 0 Å². The summed E-state index contributed by atoms with van der Waals surface area (Å²) < 4.78 is 2.15. The number of nitrogens with one attached hydrogen (secondary N) is 1. The van der Waals surface area contributed by atoms with Gasteiger partial charge in [-0.1, -0.05) is 38.5 Å². The fraction of sp³-hybridized carbons (Fsp3) is 0.667. The quantitative estimate of drug-likeness (QED) is 0.663. The van der Waals surface area contributed by atoms with Crippen molar-refractivity contribution in [3.63, 3.8) is 0 Å². The molecule has 2 heterocycles. The zero-order chi connectivity index (χ0) is 18.2. The molecule has 0 atom stereocenters. The molecule has 0 radical (unpaired) electrons. The van der Waals surface area contributed by atoms with Gasteiger partial charge in [-0.05, 0) is 25.5 Å². The van der Waals surface area contributed by atoms with Crippen LogP contribution in [-0.2, 0) is 13.1 Å². The van der Waals surface area contributed by atoms with Crippen molar-refractivity contribution < 1.29 is 0 Å². The molecule has 2 aromatic rings. The third-order valence-electron chi connectivity index (χ3n) is 5.36. The lowest BCUT2D eigenvalue weighted by molar-refractivity contribution is 0.132. The summed E-state index contributed by atoms with van der Waals surface area (Å²) >= 11 is 0. The number of piperazine rings is 1. The van der Waals surface area contributed by atoms with Crippen LogP contribution in [0.1, 0.15) is 38.8 Å². The lowest BCUT2D eigenvalue weighted by atomic mass is 10.2. The first-order valence-corrected chi connectivity index (χ1v) is 10.4. The third kappa shape index (κ3) is 5.06. The van der Waals surface area contributed by atoms with Crippen LogP contribution in [0.4, 0.5) is 0 Å². The van der Waals surface area contributed by atoms with Gasteiger partial charge in [0.1, 0.15) is 0 Å². The van der Waals surface area contributed by atoms with E-state index in [0.29, 0.717) is 0 Å². The Morgan fingerprint density at radius 2 is 1.65 bits per heavy atom. The maximum Gasteiger partial charge on any atom is 0.0841 e. The second-order valence-electron chi connectivity index (χ2n) is 7.40. The normalized spacial score (nSPS) is 16.5. The molecule has 1 aromatic heterocycles. The van der Waals surface area contributed by atoms with Crippen molar-refractivity contribution in [1.29, 1.82) is 0 Å². The average molecular weight is 358 g/mol. The molecule has 1 fully saturated rings. The van der Waals surface area contributed by atoms with Crippen LogP contribution in [0.5, 0.6) is 0 Å². The van der Waals surface area contributed by atoms with E-state index in [0.717, 1.165) is 32.6 Å². The predicted molar refractivity (Wildman–Crippen MR) is 110 cm³/mol. The molecule has 26 heavy (non-hydrogen) atoms. The number of hydrogen-bond acceptors (Lipinski definition) is 4. The van der Waals surface area contributed by atoms with Gasteiger partial charge in [-0.15, -0.1) is 0 Å². The smallest absolute Gasteiger partial charge is 0.0841 e. The van der Waals surface area contributed by atoms with E-state index in [2.05, 4.69) is 57.9 Å². The Labute approximate surface area is 158 Å². The standard InChI is InChI=1S/C21H35N5/c1-3-5-12-24-14-16-25(17-15-24)13-10-22-18-20-19-8-6-7-9-21(19)26(23-20)11-4-2/h6-9,22H,3-5,10-18H2,1-2H3. The number of aromatic nitrogens is 2. The van der Waals surface area contributed by atoms with E-state index in [9.17, 15) is 0 Å². The van der Waals surface area contributed by atoms with Gasteiger partial charge in [-0.2, -0.15) is 5.10 Å². The van der Waals surface area contributed by atoms with Crippen LogP contribution in [0, 0.1) is 0 Å². The molecule has 1 aliphatic heterocycles. The average Bonchev–Trinajstić information content (AvgIpc) is 3.03. The summed E-state index contributed by atoms with van der Waals surface area (Å²) in [5.41, 5.74) is 2.44. The summed E-state index contributed by atoms with van der Waals surface area (Å²) in [7, 11) is 0. The van der Waals surface area contributed by atoms with E-state index in [1.165, 1.54) is 62.2 Å². The molecule has 3 rings (SSSR count). The number of aryl methyl sites for hydroxylation is 1. The SMILES string of the molecule is CCCCN1CCN(CCNCc2nn(CCC)c3ccccc23)CC1. The molecule has 0 aliphatic carbocycles. The van der Waals surface area contributed by atoms with Crippen LogP contribution in [0.2, 0.25) is 0 Å². The van der Waals surface area contributed by atoms with Crippen LogP contribution in [0.15, 0.2) is 24.3 Å². The van der Waals surface area contributed by atoms with Gasteiger partial charge in [0.25, 0.3) is 0 Å². The van der Waals surface area contributed by atoms with E-state index in [-0.39, 0.29) is 0 Å². The topological polar surface area (TPSA) is 36.3 Å². The van der Waals surface area contributed by atoms with Crippen molar-refractivity contribution in [3.8, 4) is 0 Å². The molecule has 0 bridgehead atoms. The van der Waals surface area contributed by atoms with Crippen molar-refractivity contribution in [2.75, 3.05) is 45.8 Å². The van der Waals surface area contributed by atoms with Crippen molar-refractivity contribution in [2.24, 2.45) is 0 Å². The summed E-state index contributed by atoms with van der Waals surface area (Å²) in [4.78, 5) is 5.20. The van der Waals surface area contributed by atoms with E-state index >= 15 is 0 Å². The molecule has 0 unspecified atom stereocenters. The first-order valence-electron chi connectivity index (χ1n) is 10.4. The van der Waals surface area contributed by atoms with E-state index < -0.39 is 0 Å². The minimum Gasteiger partial charge on any atom is -0.310 e. The highest BCUT2D eigenvalue weighted by atomic mass is 15.3. The number of para-hydroxylation sites is 1. The molecule has 0 spiro atoms. The van der Waals surface area contributed by atoms with Crippen LogP contribution in [0.25, 0.3) is 10.9 Å². The van der Waals surface area contributed by atoms with Gasteiger partial charge in [0.2, 0.25) is 0 Å². The van der Waals surface area contributed by atoms with Crippen molar-refractivity contribution in [2.45, 2.75) is 46.2 Å². The molecule has 1 aromatic carbocycles. The van der Waals surface area contributed by atoms with Crippen molar-refractivity contribution >= 4 is 10.9 Å². The zero-order valence-electron chi connectivity index (χ0n) is 16.6.